The van der Waals surface area contributed by atoms with Crippen LogP contribution in [0, 0.1) is 0 Å². The van der Waals surface area contributed by atoms with Gasteiger partial charge in [-0.3, -0.25) is 4.79 Å². The van der Waals surface area contributed by atoms with E-state index in [1.807, 2.05) is 30.3 Å². The topological polar surface area (TPSA) is 117 Å². The molecule has 3 N–H and O–H groups in total. The second-order valence-corrected chi connectivity index (χ2v) is 5.57. The summed E-state index contributed by atoms with van der Waals surface area (Å²) in [4.78, 5) is 12.2. The van der Waals surface area contributed by atoms with Gasteiger partial charge in [0.15, 0.2) is 0 Å². The first-order chi connectivity index (χ1) is 11.7. The molecule has 1 aliphatic rings. The van der Waals surface area contributed by atoms with Crippen LogP contribution in [0.3, 0.4) is 0 Å². The predicted molar refractivity (Wildman–Crippen MR) is 84.6 cm³/mol. The van der Waals surface area contributed by atoms with E-state index in [0.29, 0.717) is 19.8 Å². The third-order valence-electron chi connectivity index (χ3n) is 3.80. The first-order valence-electron chi connectivity index (χ1n) is 7.76. The van der Waals surface area contributed by atoms with Gasteiger partial charge in [-0.1, -0.05) is 35.4 Å². The van der Waals surface area contributed by atoms with Crippen LogP contribution in [0.4, 0.5) is 5.95 Å². The molecule has 1 saturated heterocycles. The van der Waals surface area contributed by atoms with Gasteiger partial charge in [-0.05, 0) is 22.4 Å². The molecule has 9 nitrogen and oxygen atoms in total. The lowest BCUT2D eigenvalue weighted by Crippen LogP contribution is -2.51. The van der Waals surface area contributed by atoms with Gasteiger partial charge in [0.05, 0.1) is 25.4 Å². The number of tetrazole rings is 1. The van der Waals surface area contributed by atoms with Gasteiger partial charge in [0.25, 0.3) is 0 Å². The molecule has 1 aliphatic heterocycles. The zero-order valence-corrected chi connectivity index (χ0v) is 13.2. The van der Waals surface area contributed by atoms with Gasteiger partial charge < -0.3 is 20.5 Å². The number of nitrogens with zero attached hydrogens (tertiary/aromatic N) is 4. The number of hydrogen-bond acceptors (Lipinski definition) is 7. The summed E-state index contributed by atoms with van der Waals surface area (Å²) in [5.74, 6) is -0.139. The fourth-order valence-electron chi connectivity index (χ4n) is 2.54. The second-order valence-electron chi connectivity index (χ2n) is 5.57. The lowest BCUT2D eigenvalue weighted by Gasteiger charge is -2.32. The van der Waals surface area contributed by atoms with E-state index in [1.165, 1.54) is 4.68 Å². The number of aromatic nitrogens is 4. The largest absolute Gasteiger partial charge is 0.379 e. The minimum Gasteiger partial charge on any atom is -0.379 e. The summed E-state index contributed by atoms with van der Waals surface area (Å²) in [6.07, 6.45) is 0.624. The maximum absolute atomic E-state index is 12.2. The third-order valence-corrected chi connectivity index (χ3v) is 3.80. The smallest absolute Gasteiger partial charge is 0.242 e. The lowest BCUT2D eigenvalue weighted by molar-refractivity contribution is -0.127. The van der Waals surface area contributed by atoms with E-state index in [-0.39, 0.29) is 30.5 Å². The number of benzene rings is 1. The molecule has 0 unspecified atom stereocenters. The first-order valence-corrected chi connectivity index (χ1v) is 7.76. The van der Waals surface area contributed by atoms with Gasteiger partial charge in [0.1, 0.15) is 6.54 Å². The van der Waals surface area contributed by atoms with E-state index in [2.05, 4.69) is 20.8 Å². The molecule has 2 heterocycles. The normalized spacial score (nSPS) is 20.7. The molecule has 9 heteroatoms. The molecule has 128 valence electrons. The van der Waals surface area contributed by atoms with E-state index in [9.17, 15) is 4.79 Å². The second kappa shape index (κ2) is 7.84. The van der Waals surface area contributed by atoms with Crippen LogP contribution < -0.4 is 11.1 Å². The number of hydrogen-bond donors (Lipinski definition) is 2. The van der Waals surface area contributed by atoms with Crippen molar-refractivity contribution in [2.75, 3.05) is 18.9 Å². The van der Waals surface area contributed by atoms with E-state index < -0.39 is 0 Å². The van der Waals surface area contributed by atoms with Crippen LogP contribution in [0.2, 0.25) is 0 Å². The highest BCUT2D eigenvalue weighted by Gasteiger charge is 2.28. The fraction of sp³-hybridized carbons (Fsp3) is 0.467. The molecule has 1 aromatic heterocycles. The molecule has 0 spiro atoms. The average Bonchev–Trinajstić information content (AvgIpc) is 3.00. The van der Waals surface area contributed by atoms with E-state index in [0.717, 1.165) is 12.0 Å². The average molecular weight is 332 g/mol. The van der Waals surface area contributed by atoms with Gasteiger partial charge >= 0.3 is 0 Å². The van der Waals surface area contributed by atoms with Crippen molar-refractivity contribution < 1.29 is 14.3 Å². The monoisotopic (exact) mass is 332 g/mol. The quantitative estimate of drug-likeness (QED) is 0.748. The Hall–Kier alpha value is -2.52. The number of nitrogens with one attached hydrogen (secondary N) is 1. The summed E-state index contributed by atoms with van der Waals surface area (Å²) < 4.78 is 12.7. The van der Waals surface area contributed by atoms with Crippen LogP contribution in [0.15, 0.2) is 30.3 Å². The predicted octanol–water partition coefficient (Wildman–Crippen LogP) is -0.254. The number of carbonyl (C=O) groups excluding carboxylic acids is 1. The molecule has 2 aromatic rings. The summed E-state index contributed by atoms with van der Waals surface area (Å²) in [6.45, 7) is 1.49. The number of carbonyl (C=O) groups is 1. The molecular formula is C15H20N6O3. The maximum Gasteiger partial charge on any atom is 0.242 e. The third kappa shape index (κ3) is 4.27. The first kappa shape index (κ1) is 16.3. The van der Waals surface area contributed by atoms with Crippen molar-refractivity contribution in [1.29, 1.82) is 0 Å². The Balaban J connectivity index is 1.54. The summed E-state index contributed by atoms with van der Waals surface area (Å²) >= 11 is 0. The Kier molecular flexibility index (Phi) is 5.34. The Bertz CT molecular complexity index is 662. The highest BCUT2D eigenvalue weighted by molar-refractivity contribution is 5.76. The van der Waals surface area contributed by atoms with Gasteiger partial charge in [0.2, 0.25) is 11.9 Å². The van der Waals surface area contributed by atoms with E-state index in [4.69, 9.17) is 15.2 Å². The molecule has 0 bridgehead atoms. The van der Waals surface area contributed by atoms with E-state index in [1.54, 1.807) is 0 Å². The molecule has 0 saturated carbocycles. The standard InChI is InChI=1S/C15H20N6O3/c16-15-18-19-20-21(15)8-14(22)17-12-10-23-7-6-13(12)24-9-11-4-2-1-3-5-11/h1-5,12-13H,6-10H2,(H,17,22)(H2,16,18,20)/t12-,13+/m1/s1. The number of ether oxygens (including phenoxy) is 2. The number of rotatable bonds is 6. The summed E-state index contributed by atoms with van der Waals surface area (Å²) in [5.41, 5.74) is 6.65. The van der Waals surface area contributed by atoms with Gasteiger partial charge in [0, 0.05) is 6.61 Å². The molecule has 1 aromatic carbocycles. The van der Waals surface area contributed by atoms with Crippen molar-refractivity contribution in [1.82, 2.24) is 25.5 Å². The molecule has 1 fully saturated rings. The van der Waals surface area contributed by atoms with Crippen molar-refractivity contribution in [2.24, 2.45) is 0 Å². The van der Waals surface area contributed by atoms with Crippen molar-refractivity contribution in [3.05, 3.63) is 35.9 Å². The summed E-state index contributed by atoms with van der Waals surface area (Å²) in [5, 5.41) is 13.5. The lowest BCUT2D eigenvalue weighted by atomic mass is 10.1. The van der Waals surface area contributed by atoms with Crippen molar-refractivity contribution >= 4 is 11.9 Å². The highest BCUT2D eigenvalue weighted by atomic mass is 16.5. The molecule has 0 aliphatic carbocycles. The van der Waals surface area contributed by atoms with Crippen LogP contribution in [0.25, 0.3) is 0 Å². The van der Waals surface area contributed by atoms with Gasteiger partial charge in [-0.2, -0.15) is 0 Å². The number of amides is 1. The Labute approximate surface area is 139 Å². The van der Waals surface area contributed by atoms with Gasteiger partial charge in [-0.15, -0.1) is 0 Å². The summed E-state index contributed by atoms with van der Waals surface area (Å²) in [7, 11) is 0. The van der Waals surface area contributed by atoms with Crippen LogP contribution in [0.5, 0.6) is 0 Å². The van der Waals surface area contributed by atoms with Crippen LogP contribution in [0.1, 0.15) is 12.0 Å². The van der Waals surface area contributed by atoms with Crippen molar-refractivity contribution in [3.63, 3.8) is 0 Å². The molecule has 0 radical (unpaired) electrons. The zero-order valence-electron chi connectivity index (χ0n) is 13.2. The minimum atomic E-state index is -0.238. The minimum absolute atomic E-state index is 0.0409. The van der Waals surface area contributed by atoms with Gasteiger partial charge in [-0.25, -0.2) is 4.68 Å². The molecular weight excluding hydrogens is 312 g/mol. The van der Waals surface area contributed by atoms with Crippen molar-refractivity contribution in [2.45, 2.75) is 31.7 Å². The molecule has 24 heavy (non-hydrogen) atoms. The van der Waals surface area contributed by atoms with Crippen LogP contribution >= 0.6 is 0 Å². The number of nitrogen functional groups attached to an aromatic ring is 1. The molecule has 2 atom stereocenters. The Morgan fingerprint density at radius 3 is 3.00 bits per heavy atom. The highest BCUT2D eigenvalue weighted by Crippen LogP contribution is 2.14. The van der Waals surface area contributed by atoms with E-state index >= 15 is 0 Å². The zero-order chi connectivity index (χ0) is 16.8. The maximum atomic E-state index is 12.2. The Morgan fingerprint density at radius 1 is 1.42 bits per heavy atom. The Morgan fingerprint density at radius 2 is 2.25 bits per heavy atom. The summed E-state index contributed by atoms with van der Waals surface area (Å²) in [6, 6.07) is 9.70. The fourth-order valence-corrected chi connectivity index (χ4v) is 2.54. The van der Waals surface area contributed by atoms with Crippen LogP contribution in [-0.2, 0) is 27.4 Å². The number of anilines is 1. The SMILES string of the molecule is Nc1nnnn1CC(=O)N[C@@H]1COCC[C@@H]1OCc1ccccc1. The number of nitrogens with two attached hydrogens (primary N) is 1. The van der Waals surface area contributed by atoms with Crippen LogP contribution in [-0.4, -0.2) is 51.5 Å². The molecule has 1 amide bonds. The van der Waals surface area contributed by atoms with Crippen molar-refractivity contribution in [3.8, 4) is 0 Å². The molecule has 3 rings (SSSR count).